The maximum atomic E-state index is 12.5. The quantitative estimate of drug-likeness (QED) is 0.808. The molecule has 1 aromatic carbocycles. The zero-order valence-electron chi connectivity index (χ0n) is 15.1. The second kappa shape index (κ2) is 9.68. The molecule has 27 heavy (non-hydrogen) atoms. The summed E-state index contributed by atoms with van der Waals surface area (Å²) in [5, 5.41) is 2.49. The van der Waals surface area contributed by atoms with Gasteiger partial charge in [0.15, 0.2) is 0 Å². The summed E-state index contributed by atoms with van der Waals surface area (Å²) in [7, 11) is 1.61. The third-order valence-corrected chi connectivity index (χ3v) is 5.23. The van der Waals surface area contributed by atoms with Crippen molar-refractivity contribution >= 4 is 35.6 Å². The summed E-state index contributed by atoms with van der Waals surface area (Å²) in [6.45, 7) is 2.42. The van der Waals surface area contributed by atoms with Crippen molar-refractivity contribution in [2.24, 2.45) is 5.73 Å². The number of carbonyl (C=O) groups excluding carboxylic acids is 2. The predicted molar refractivity (Wildman–Crippen MR) is 106 cm³/mol. The van der Waals surface area contributed by atoms with Crippen LogP contribution in [0.1, 0.15) is 21.1 Å². The van der Waals surface area contributed by atoms with Gasteiger partial charge in [0.05, 0.1) is 13.5 Å². The fourth-order valence-electron chi connectivity index (χ4n) is 2.89. The van der Waals surface area contributed by atoms with Gasteiger partial charge in [0.1, 0.15) is 16.5 Å². The SMILES string of the molecule is COc1cccc(CC(=O)N2CCN(C(=O)c3csc(CN)n3)CC2)c1.Cl. The zero-order chi connectivity index (χ0) is 18.5. The summed E-state index contributed by atoms with van der Waals surface area (Å²) in [4.78, 5) is 32.8. The second-order valence-corrected chi connectivity index (χ2v) is 6.97. The first-order valence-electron chi connectivity index (χ1n) is 8.45. The Morgan fingerprint density at radius 2 is 1.93 bits per heavy atom. The van der Waals surface area contributed by atoms with Crippen LogP contribution in [0.5, 0.6) is 5.75 Å². The molecule has 2 heterocycles. The van der Waals surface area contributed by atoms with Gasteiger partial charge in [-0.2, -0.15) is 0 Å². The van der Waals surface area contributed by atoms with Crippen molar-refractivity contribution in [3.8, 4) is 5.75 Å². The molecule has 0 bridgehead atoms. The van der Waals surface area contributed by atoms with Crippen LogP contribution in [0.3, 0.4) is 0 Å². The summed E-state index contributed by atoms with van der Waals surface area (Å²) in [5.41, 5.74) is 6.90. The van der Waals surface area contributed by atoms with E-state index in [4.69, 9.17) is 10.5 Å². The number of nitrogens with two attached hydrogens (primary N) is 1. The molecule has 1 saturated heterocycles. The van der Waals surface area contributed by atoms with Crippen LogP contribution in [0.25, 0.3) is 0 Å². The standard InChI is InChI=1S/C18H22N4O3S.ClH/c1-25-14-4-2-3-13(9-14)10-17(23)21-5-7-22(8-6-21)18(24)15-12-26-16(11-19)20-15;/h2-4,9,12H,5-8,10-11,19H2,1H3;1H. The van der Waals surface area contributed by atoms with E-state index >= 15 is 0 Å². The number of hydrogen-bond acceptors (Lipinski definition) is 6. The highest BCUT2D eigenvalue weighted by Gasteiger charge is 2.26. The van der Waals surface area contributed by atoms with E-state index in [2.05, 4.69) is 4.98 Å². The molecule has 1 fully saturated rings. The van der Waals surface area contributed by atoms with E-state index in [1.54, 1.807) is 22.3 Å². The number of methoxy groups -OCH3 is 1. The minimum Gasteiger partial charge on any atom is -0.497 e. The lowest BCUT2D eigenvalue weighted by atomic mass is 10.1. The van der Waals surface area contributed by atoms with Gasteiger partial charge in [0.25, 0.3) is 5.91 Å². The van der Waals surface area contributed by atoms with Gasteiger partial charge >= 0.3 is 0 Å². The third kappa shape index (κ3) is 5.18. The maximum Gasteiger partial charge on any atom is 0.273 e. The molecule has 0 saturated carbocycles. The molecule has 7 nitrogen and oxygen atoms in total. The predicted octanol–water partition coefficient (Wildman–Crippen LogP) is 1.56. The van der Waals surface area contributed by atoms with Gasteiger partial charge in [0, 0.05) is 38.1 Å². The number of hydrogen-bond donors (Lipinski definition) is 1. The van der Waals surface area contributed by atoms with Crippen LogP contribution in [0.15, 0.2) is 29.6 Å². The van der Waals surface area contributed by atoms with E-state index < -0.39 is 0 Å². The number of thiazole rings is 1. The van der Waals surface area contributed by atoms with E-state index in [0.717, 1.165) is 16.3 Å². The molecule has 1 aliphatic heterocycles. The molecule has 0 unspecified atom stereocenters. The Morgan fingerprint density at radius 3 is 2.56 bits per heavy atom. The Kier molecular flexibility index (Phi) is 7.58. The Hall–Kier alpha value is -2.16. The van der Waals surface area contributed by atoms with Crippen LogP contribution < -0.4 is 10.5 Å². The zero-order valence-corrected chi connectivity index (χ0v) is 16.7. The number of carbonyl (C=O) groups is 2. The molecule has 1 aromatic heterocycles. The van der Waals surface area contributed by atoms with E-state index in [9.17, 15) is 9.59 Å². The third-order valence-electron chi connectivity index (χ3n) is 4.35. The minimum atomic E-state index is -0.0964. The summed E-state index contributed by atoms with van der Waals surface area (Å²) in [6.07, 6.45) is 0.330. The molecule has 2 N–H and O–H groups in total. The number of rotatable bonds is 5. The highest BCUT2D eigenvalue weighted by atomic mass is 35.5. The fraction of sp³-hybridized carbons (Fsp3) is 0.389. The Labute approximate surface area is 168 Å². The lowest BCUT2D eigenvalue weighted by Crippen LogP contribution is -2.51. The lowest BCUT2D eigenvalue weighted by Gasteiger charge is -2.34. The molecular formula is C18H23ClN4O3S. The number of benzene rings is 1. The first kappa shape index (κ1) is 21.1. The molecule has 9 heteroatoms. The fourth-order valence-corrected chi connectivity index (χ4v) is 3.54. The highest BCUT2D eigenvalue weighted by Crippen LogP contribution is 2.16. The summed E-state index contributed by atoms with van der Waals surface area (Å²) in [6, 6.07) is 7.51. The smallest absolute Gasteiger partial charge is 0.273 e. The van der Waals surface area contributed by atoms with Gasteiger partial charge in [-0.1, -0.05) is 12.1 Å². The summed E-state index contributed by atoms with van der Waals surface area (Å²) < 4.78 is 5.19. The van der Waals surface area contributed by atoms with Crippen LogP contribution in [0.2, 0.25) is 0 Å². The molecular weight excluding hydrogens is 388 g/mol. The molecule has 2 amide bonds. The summed E-state index contributed by atoms with van der Waals surface area (Å²) >= 11 is 1.39. The van der Waals surface area contributed by atoms with Crippen LogP contribution in [-0.4, -0.2) is 59.9 Å². The number of nitrogens with zero attached hydrogens (tertiary/aromatic N) is 3. The number of halogens is 1. The normalized spacial score (nSPS) is 13.9. The van der Waals surface area contributed by atoms with Crippen molar-refractivity contribution in [3.63, 3.8) is 0 Å². The maximum absolute atomic E-state index is 12.5. The Bertz CT molecular complexity index is 790. The van der Waals surface area contributed by atoms with Crippen molar-refractivity contribution < 1.29 is 14.3 Å². The molecule has 2 aromatic rings. The average molecular weight is 411 g/mol. The molecule has 1 aliphatic rings. The van der Waals surface area contributed by atoms with E-state index in [0.29, 0.717) is 44.8 Å². The van der Waals surface area contributed by atoms with Gasteiger partial charge in [-0.3, -0.25) is 9.59 Å². The largest absolute Gasteiger partial charge is 0.497 e. The first-order chi connectivity index (χ1) is 12.6. The second-order valence-electron chi connectivity index (χ2n) is 6.03. The highest BCUT2D eigenvalue weighted by molar-refractivity contribution is 7.09. The van der Waals surface area contributed by atoms with Crippen molar-refractivity contribution in [1.29, 1.82) is 0 Å². The summed E-state index contributed by atoms with van der Waals surface area (Å²) in [5.74, 6) is 0.705. The number of amides is 2. The van der Waals surface area contributed by atoms with Crippen molar-refractivity contribution in [1.82, 2.24) is 14.8 Å². The van der Waals surface area contributed by atoms with Crippen LogP contribution in [0, 0.1) is 0 Å². The average Bonchev–Trinajstić information content (AvgIpc) is 3.17. The number of piperazine rings is 1. The molecule has 0 atom stereocenters. The number of aromatic nitrogens is 1. The topological polar surface area (TPSA) is 88.8 Å². The van der Waals surface area contributed by atoms with Crippen LogP contribution in [-0.2, 0) is 17.8 Å². The van der Waals surface area contributed by atoms with E-state index in [1.165, 1.54) is 11.3 Å². The lowest BCUT2D eigenvalue weighted by molar-refractivity contribution is -0.131. The number of ether oxygens (including phenoxy) is 1. The van der Waals surface area contributed by atoms with Crippen molar-refractivity contribution in [3.05, 3.63) is 45.9 Å². The molecule has 0 spiro atoms. The van der Waals surface area contributed by atoms with Gasteiger partial charge in [-0.05, 0) is 17.7 Å². The van der Waals surface area contributed by atoms with Gasteiger partial charge in [0.2, 0.25) is 5.91 Å². The Balaban J connectivity index is 0.00000261. The monoisotopic (exact) mass is 410 g/mol. The van der Waals surface area contributed by atoms with Crippen molar-refractivity contribution in [2.75, 3.05) is 33.3 Å². The Morgan fingerprint density at radius 1 is 1.22 bits per heavy atom. The molecule has 3 rings (SSSR count). The molecule has 0 radical (unpaired) electrons. The molecule has 146 valence electrons. The van der Waals surface area contributed by atoms with Crippen molar-refractivity contribution in [2.45, 2.75) is 13.0 Å². The van der Waals surface area contributed by atoms with Crippen LogP contribution in [0.4, 0.5) is 0 Å². The first-order valence-corrected chi connectivity index (χ1v) is 9.33. The van der Waals surface area contributed by atoms with E-state index in [1.807, 2.05) is 24.3 Å². The van der Waals surface area contributed by atoms with Gasteiger partial charge in [-0.25, -0.2) is 4.98 Å². The minimum absolute atomic E-state index is 0. The van der Waals surface area contributed by atoms with Crippen LogP contribution >= 0.6 is 23.7 Å². The molecule has 0 aliphatic carbocycles. The van der Waals surface area contributed by atoms with Gasteiger partial charge in [-0.15, -0.1) is 23.7 Å². The van der Waals surface area contributed by atoms with Gasteiger partial charge < -0.3 is 20.3 Å². The van der Waals surface area contributed by atoms with E-state index in [-0.39, 0.29) is 24.2 Å².